The Kier molecular flexibility index (Phi) is 4.95. The van der Waals surface area contributed by atoms with Crippen molar-refractivity contribution < 1.29 is 4.79 Å². The Labute approximate surface area is 96.4 Å². The summed E-state index contributed by atoms with van der Waals surface area (Å²) in [6, 6.07) is 0. The highest BCUT2D eigenvalue weighted by atomic mass is 32.2. The third-order valence-corrected chi connectivity index (χ3v) is 3.41. The first kappa shape index (κ1) is 12.4. The number of thioether (sulfide) groups is 1. The highest BCUT2D eigenvalue weighted by molar-refractivity contribution is 8.01. The molecule has 0 aromatic rings. The number of likely N-dealkylation sites (tertiary alicyclic amines) is 1. The van der Waals surface area contributed by atoms with Crippen LogP contribution in [-0.4, -0.2) is 30.2 Å². The first-order chi connectivity index (χ1) is 7.19. The summed E-state index contributed by atoms with van der Waals surface area (Å²) >= 11 is 1.72. The maximum atomic E-state index is 11.2. The normalized spacial score (nSPS) is 19.1. The number of carbonyl (C=O) groups is 1. The zero-order valence-electron chi connectivity index (χ0n) is 9.53. The molecule has 1 saturated heterocycles. The second kappa shape index (κ2) is 6.01. The van der Waals surface area contributed by atoms with Crippen molar-refractivity contribution in [2.45, 2.75) is 19.8 Å². The maximum absolute atomic E-state index is 11.2. The van der Waals surface area contributed by atoms with Gasteiger partial charge in [0.25, 0.3) is 0 Å². The lowest BCUT2D eigenvalue weighted by atomic mass is 9.90. The average Bonchev–Trinajstić information content (AvgIpc) is 2.26. The predicted octanol–water partition coefficient (Wildman–Crippen LogP) is 2.68. The van der Waals surface area contributed by atoms with E-state index in [1.54, 1.807) is 18.7 Å². The van der Waals surface area contributed by atoms with E-state index in [0.717, 1.165) is 25.9 Å². The molecule has 84 valence electrons. The standard InChI is InChI=1S/C12H19NOS/c1-4-11(9-15-3)12-5-7-13(8-6-12)10(2)14/h4,9,12H,1,5-8H2,2-3H3/b11-9+. The number of amides is 1. The average molecular weight is 225 g/mol. The fraction of sp³-hybridized carbons (Fsp3) is 0.583. The van der Waals surface area contributed by atoms with Gasteiger partial charge in [-0.25, -0.2) is 0 Å². The quantitative estimate of drug-likeness (QED) is 0.688. The van der Waals surface area contributed by atoms with Gasteiger partial charge in [-0.2, -0.15) is 0 Å². The van der Waals surface area contributed by atoms with Gasteiger partial charge < -0.3 is 4.90 Å². The molecule has 0 aromatic heterocycles. The largest absolute Gasteiger partial charge is 0.343 e. The Morgan fingerprint density at radius 1 is 1.47 bits per heavy atom. The highest BCUT2D eigenvalue weighted by Crippen LogP contribution is 2.26. The Bertz CT molecular complexity index is 265. The van der Waals surface area contributed by atoms with E-state index in [4.69, 9.17) is 0 Å². The summed E-state index contributed by atoms with van der Waals surface area (Å²) in [5.41, 5.74) is 1.32. The molecule has 0 atom stereocenters. The van der Waals surface area contributed by atoms with Gasteiger partial charge in [-0.05, 0) is 36.0 Å². The summed E-state index contributed by atoms with van der Waals surface area (Å²) in [6.07, 6.45) is 6.15. The van der Waals surface area contributed by atoms with Crippen LogP contribution in [0.2, 0.25) is 0 Å². The van der Waals surface area contributed by atoms with E-state index in [0.29, 0.717) is 5.92 Å². The monoisotopic (exact) mass is 225 g/mol. The lowest BCUT2D eigenvalue weighted by Crippen LogP contribution is -2.37. The molecule has 1 rings (SSSR count). The van der Waals surface area contributed by atoms with Crippen molar-refractivity contribution in [1.82, 2.24) is 4.90 Å². The Hall–Kier alpha value is -0.700. The smallest absolute Gasteiger partial charge is 0.219 e. The molecule has 0 aromatic carbocycles. The number of carbonyl (C=O) groups excluding carboxylic acids is 1. The molecule has 0 aliphatic carbocycles. The zero-order chi connectivity index (χ0) is 11.3. The van der Waals surface area contributed by atoms with E-state index < -0.39 is 0 Å². The summed E-state index contributed by atoms with van der Waals surface area (Å²) in [5.74, 6) is 0.785. The number of nitrogens with zero attached hydrogens (tertiary/aromatic N) is 1. The third-order valence-electron chi connectivity index (χ3n) is 2.90. The summed E-state index contributed by atoms with van der Waals surface area (Å²) in [4.78, 5) is 13.1. The summed E-state index contributed by atoms with van der Waals surface area (Å²) in [5, 5.41) is 2.17. The molecule has 0 spiro atoms. The molecule has 0 radical (unpaired) electrons. The van der Waals surface area contributed by atoms with Crippen molar-refractivity contribution in [1.29, 1.82) is 0 Å². The summed E-state index contributed by atoms with van der Waals surface area (Å²) in [7, 11) is 0. The van der Waals surface area contributed by atoms with Crippen LogP contribution in [0.25, 0.3) is 0 Å². The van der Waals surface area contributed by atoms with Gasteiger partial charge in [0.05, 0.1) is 0 Å². The third kappa shape index (κ3) is 3.42. The Balaban J connectivity index is 2.52. The van der Waals surface area contributed by atoms with Crippen LogP contribution >= 0.6 is 11.8 Å². The minimum Gasteiger partial charge on any atom is -0.343 e. The van der Waals surface area contributed by atoms with Crippen molar-refractivity contribution in [2.75, 3.05) is 19.3 Å². The fourth-order valence-electron chi connectivity index (χ4n) is 1.97. The summed E-state index contributed by atoms with van der Waals surface area (Å²) in [6.45, 7) is 7.27. The topological polar surface area (TPSA) is 20.3 Å². The van der Waals surface area contributed by atoms with Gasteiger partial charge in [0, 0.05) is 20.0 Å². The van der Waals surface area contributed by atoms with E-state index in [-0.39, 0.29) is 5.91 Å². The van der Waals surface area contributed by atoms with E-state index in [2.05, 4.69) is 18.2 Å². The van der Waals surface area contributed by atoms with Gasteiger partial charge in [-0.1, -0.05) is 12.7 Å². The SMILES string of the molecule is C=C/C(=C\SC)C1CCN(C(C)=O)CC1. The Morgan fingerprint density at radius 2 is 2.07 bits per heavy atom. The predicted molar refractivity (Wildman–Crippen MR) is 66.8 cm³/mol. The van der Waals surface area contributed by atoms with Crippen LogP contribution in [-0.2, 0) is 4.79 Å². The van der Waals surface area contributed by atoms with Crippen LogP contribution in [0.3, 0.4) is 0 Å². The molecular weight excluding hydrogens is 206 g/mol. The number of allylic oxidation sites excluding steroid dienone is 2. The van der Waals surface area contributed by atoms with E-state index in [1.165, 1.54) is 5.57 Å². The van der Waals surface area contributed by atoms with Crippen molar-refractivity contribution in [2.24, 2.45) is 5.92 Å². The molecule has 1 fully saturated rings. The van der Waals surface area contributed by atoms with Crippen LogP contribution < -0.4 is 0 Å². The molecule has 0 unspecified atom stereocenters. The molecule has 0 saturated carbocycles. The zero-order valence-corrected chi connectivity index (χ0v) is 10.3. The van der Waals surface area contributed by atoms with Gasteiger partial charge in [-0.15, -0.1) is 11.8 Å². The number of hydrogen-bond donors (Lipinski definition) is 0. The molecule has 1 aliphatic heterocycles. The maximum Gasteiger partial charge on any atom is 0.219 e. The molecule has 1 amide bonds. The second-order valence-corrected chi connectivity index (χ2v) is 4.55. The van der Waals surface area contributed by atoms with Crippen LogP contribution in [0.5, 0.6) is 0 Å². The highest BCUT2D eigenvalue weighted by Gasteiger charge is 2.21. The van der Waals surface area contributed by atoms with Gasteiger partial charge in [0.15, 0.2) is 0 Å². The van der Waals surface area contributed by atoms with Crippen molar-refractivity contribution in [3.8, 4) is 0 Å². The first-order valence-electron chi connectivity index (χ1n) is 5.29. The van der Waals surface area contributed by atoms with Crippen molar-refractivity contribution >= 4 is 17.7 Å². The van der Waals surface area contributed by atoms with Crippen LogP contribution in [0, 0.1) is 5.92 Å². The van der Waals surface area contributed by atoms with E-state index in [9.17, 15) is 4.79 Å². The minimum absolute atomic E-state index is 0.197. The molecule has 15 heavy (non-hydrogen) atoms. The first-order valence-corrected chi connectivity index (χ1v) is 6.58. The fourth-order valence-corrected chi connectivity index (χ4v) is 2.54. The van der Waals surface area contributed by atoms with Crippen LogP contribution in [0.1, 0.15) is 19.8 Å². The minimum atomic E-state index is 0.197. The Morgan fingerprint density at radius 3 is 2.47 bits per heavy atom. The molecular formula is C12H19NOS. The van der Waals surface area contributed by atoms with Crippen molar-refractivity contribution in [3.05, 3.63) is 23.6 Å². The number of rotatable bonds is 3. The molecule has 0 bridgehead atoms. The van der Waals surface area contributed by atoms with E-state index >= 15 is 0 Å². The van der Waals surface area contributed by atoms with Crippen molar-refractivity contribution in [3.63, 3.8) is 0 Å². The van der Waals surface area contributed by atoms with Crippen LogP contribution in [0.4, 0.5) is 0 Å². The van der Waals surface area contributed by atoms with Gasteiger partial charge in [-0.3, -0.25) is 4.79 Å². The molecule has 1 heterocycles. The summed E-state index contributed by atoms with van der Waals surface area (Å²) < 4.78 is 0. The number of piperidine rings is 1. The molecule has 3 heteroatoms. The van der Waals surface area contributed by atoms with Gasteiger partial charge >= 0.3 is 0 Å². The van der Waals surface area contributed by atoms with Gasteiger partial charge in [0.1, 0.15) is 0 Å². The molecule has 0 N–H and O–H groups in total. The second-order valence-electron chi connectivity index (χ2n) is 3.84. The molecule has 2 nitrogen and oxygen atoms in total. The van der Waals surface area contributed by atoms with Crippen LogP contribution in [0.15, 0.2) is 23.6 Å². The molecule has 1 aliphatic rings. The van der Waals surface area contributed by atoms with E-state index in [1.807, 2.05) is 11.0 Å². The lowest BCUT2D eigenvalue weighted by Gasteiger charge is -2.31. The number of hydrogen-bond acceptors (Lipinski definition) is 2. The lowest BCUT2D eigenvalue weighted by molar-refractivity contribution is -0.130. The van der Waals surface area contributed by atoms with Gasteiger partial charge in [0.2, 0.25) is 5.91 Å².